The van der Waals surface area contributed by atoms with Crippen molar-refractivity contribution in [3.63, 3.8) is 0 Å². The van der Waals surface area contributed by atoms with Crippen molar-refractivity contribution in [3.8, 4) is 5.69 Å². The molecular weight excluding hydrogens is 412 g/mol. The van der Waals surface area contributed by atoms with Gasteiger partial charge in [0.05, 0.1) is 16.3 Å². The number of carbonyl (C=O) groups is 1. The predicted octanol–water partition coefficient (Wildman–Crippen LogP) is 5.05. The summed E-state index contributed by atoms with van der Waals surface area (Å²) in [6.45, 7) is 4.02. The van der Waals surface area contributed by atoms with Gasteiger partial charge in [-0.15, -0.1) is 0 Å². The van der Waals surface area contributed by atoms with Crippen LogP contribution in [0.25, 0.3) is 5.69 Å². The Morgan fingerprint density at radius 3 is 2.76 bits per heavy atom. The zero-order valence-electron chi connectivity index (χ0n) is 15.7. The maximum atomic E-state index is 12.9. The second-order valence-electron chi connectivity index (χ2n) is 6.85. The summed E-state index contributed by atoms with van der Waals surface area (Å²) in [5, 5.41) is 18.8. The van der Waals surface area contributed by atoms with Crippen LogP contribution in [0.1, 0.15) is 32.7 Å². The molecule has 2 aromatic carbocycles. The first-order valence-electron chi connectivity index (χ1n) is 8.86. The van der Waals surface area contributed by atoms with Crippen molar-refractivity contribution in [1.82, 2.24) is 9.78 Å². The molecule has 0 radical (unpaired) electrons. The van der Waals surface area contributed by atoms with E-state index in [4.69, 9.17) is 16.7 Å². The van der Waals surface area contributed by atoms with Crippen molar-refractivity contribution < 1.29 is 9.72 Å². The topological polar surface area (TPSA) is 90.1 Å². The van der Waals surface area contributed by atoms with Gasteiger partial charge < -0.3 is 5.32 Å². The lowest BCUT2D eigenvalue weighted by molar-refractivity contribution is -0.384. The number of hydrogen-bond donors (Lipinski definition) is 1. The first-order chi connectivity index (χ1) is 13.8. The molecule has 3 aromatic rings. The summed E-state index contributed by atoms with van der Waals surface area (Å²) in [6.07, 6.45) is 0. The van der Waals surface area contributed by atoms with Crippen molar-refractivity contribution in [3.05, 3.63) is 79.5 Å². The number of nitro groups is 1. The quantitative estimate of drug-likeness (QED) is 0.464. The lowest BCUT2D eigenvalue weighted by Gasteiger charge is -2.13. The molecule has 4 rings (SSSR count). The largest absolute Gasteiger partial charge is 0.306 e. The molecule has 1 N–H and O–H groups in total. The lowest BCUT2D eigenvalue weighted by atomic mass is 10.1. The number of rotatable bonds is 4. The Morgan fingerprint density at radius 2 is 2.03 bits per heavy atom. The van der Waals surface area contributed by atoms with Crippen LogP contribution in [-0.2, 0) is 11.5 Å². The summed E-state index contributed by atoms with van der Waals surface area (Å²) in [7, 11) is 0. The SMILES string of the molecule is Cc1ccc(-n2nc3c(c2NC(=O)c2ccc(Cl)c([N+](=O)[O-])c2)CSC3)c(C)c1. The molecule has 2 heterocycles. The number of nitro benzene ring substituents is 1. The average molecular weight is 429 g/mol. The number of halogens is 1. The Kier molecular flexibility index (Phi) is 5.06. The Balaban J connectivity index is 1.75. The molecule has 0 saturated carbocycles. The fraction of sp³-hybridized carbons (Fsp3) is 0.200. The van der Waals surface area contributed by atoms with E-state index in [1.165, 1.54) is 18.2 Å². The summed E-state index contributed by atoms with van der Waals surface area (Å²) >= 11 is 7.59. The number of anilines is 1. The van der Waals surface area contributed by atoms with Crippen LogP contribution >= 0.6 is 23.4 Å². The third kappa shape index (κ3) is 3.61. The molecule has 148 valence electrons. The van der Waals surface area contributed by atoms with Gasteiger partial charge >= 0.3 is 0 Å². The molecule has 1 aliphatic heterocycles. The van der Waals surface area contributed by atoms with Crippen LogP contribution in [-0.4, -0.2) is 20.6 Å². The Morgan fingerprint density at radius 1 is 1.24 bits per heavy atom. The van der Waals surface area contributed by atoms with Crippen LogP contribution in [0.2, 0.25) is 5.02 Å². The molecule has 0 bridgehead atoms. The molecule has 0 atom stereocenters. The maximum absolute atomic E-state index is 12.9. The van der Waals surface area contributed by atoms with E-state index in [2.05, 4.69) is 11.4 Å². The number of thioether (sulfide) groups is 1. The summed E-state index contributed by atoms with van der Waals surface area (Å²) in [5.41, 5.74) is 4.83. The molecule has 1 aromatic heterocycles. The molecule has 0 aliphatic carbocycles. The highest BCUT2D eigenvalue weighted by atomic mass is 35.5. The Bertz CT molecular complexity index is 1160. The summed E-state index contributed by atoms with van der Waals surface area (Å²) in [5.74, 6) is 1.68. The van der Waals surface area contributed by atoms with Crippen molar-refractivity contribution in [2.45, 2.75) is 25.4 Å². The van der Waals surface area contributed by atoms with E-state index in [1.54, 1.807) is 16.4 Å². The smallest absolute Gasteiger partial charge is 0.288 e. The van der Waals surface area contributed by atoms with Crippen molar-refractivity contribution in [1.29, 1.82) is 0 Å². The van der Waals surface area contributed by atoms with E-state index < -0.39 is 10.8 Å². The number of amides is 1. The highest BCUT2D eigenvalue weighted by Crippen LogP contribution is 2.37. The number of aromatic nitrogens is 2. The molecule has 1 aliphatic rings. The summed E-state index contributed by atoms with van der Waals surface area (Å²) in [4.78, 5) is 23.4. The number of benzene rings is 2. The van der Waals surface area contributed by atoms with Crippen LogP contribution in [0.3, 0.4) is 0 Å². The van der Waals surface area contributed by atoms with Gasteiger partial charge in [-0.1, -0.05) is 29.3 Å². The van der Waals surface area contributed by atoms with E-state index in [0.717, 1.165) is 39.6 Å². The molecule has 0 spiro atoms. The van der Waals surface area contributed by atoms with Gasteiger partial charge in [-0.2, -0.15) is 16.9 Å². The van der Waals surface area contributed by atoms with Gasteiger partial charge in [0.15, 0.2) is 0 Å². The van der Waals surface area contributed by atoms with Crippen LogP contribution in [0.15, 0.2) is 36.4 Å². The highest BCUT2D eigenvalue weighted by molar-refractivity contribution is 7.98. The van der Waals surface area contributed by atoms with Gasteiger partial charge in [0.2, 0.25) is 0 Å². The average Bonchev–Trinajstić information content (AvgIpc) is 3.24. The first-order valence-corrected chi connectivity index (χ1v) is 10.4. The normalized spacial score (nSPS) is 12.7. The summed E-state index contributed by atoms with van der Waals surface area (Å²) in [6, 6.07) is 10.0. The second kappa shape index (κ2) is 7.53. The van der Waals surface area contributed by atoms with Crippen molar-refractivity contribution in [2.24, 2.45) is 0 Å². The maximum Gasteiger partial charge on any atom is 0.288 e. The molecule has 0 unspecified atom stereocenters. The van der Waals surface area contributed by atoms with Gasteiger partial charge in [-0.3, -0.25) is 14.9 Å². The van der Waals surface area contributed by atoms with Crippen molar-refractivity contribution in [2.75, 3.05) is 5.32 Å². The minimum Gasteiger partial charge on any atom is -0.306 e. The van der Waals surface area contributed by atoms with E-state index >= 15 is 0 Å². The zero-order chi connectivity index (χ0) is 20.7. The van der Waals surface area contributed by atoms with Gasteiger partial charge in [0.25, 0.3) is 11.6 Å². The standard InChI is InChI=1S/C20H17ClN4O3S/c1-11-3-6-17(12(2)7-11)24-19(14-9-29-10-16(14)23-24)22-20(26)13-4-5-15(21)18(8-13)25(27)28/h3-8H,9-10H2,1-2H3,(H,22,26). The Labute approximate surface area is 176 Å². The highest BCUT2D eigenvalue weighted by Gasteiger charge is 2.26. The molecule has 0 fully saturated rings. The number of hydrogen-bond acceptors (Lipinski definition) is 5. The molecule has 1 amide bonds. The fourth-order valence-electron chi connectivity index (χ4n) is 3.33. The molecule has 7 nitrogen and oxygen atoms in total. The van der Waals surface area contributed by atoms with Gasteiger partial charge in [0, 0.05) is 28.7 Å². The third-order valence-corrected chi connectivity index (χ3v) is 6.06. The predicted molar refractivity (Wildman–Crippen MR) is 114 cm³/mol. The van der Waals surface area contributed by atoms with E-state index in [-0.39, 0.29) is 16.3 Å². The van der Waals surface area contributed by atoms with E-state index in [0.29, 0.717) is 5.82 Å². The monoisotopic (exact) mass is 428 g/mol. The van der Waals surface area contributed by atoms with Gasteiger partial charge in [-0.05, 0) is 37.6 Å². The van der Waals surface area contributed by atoms with E-state index in [1.807, 2.05) is 26.0 Å². The van der Waals surface area contributed by atoms with Crippen molar-refractivity contribution >= 4 is 40.8 Å². The number of carbonyl (C=O) groups excluding carboxylic acids is 1. The molecule has 0 saturated heterocycles. The van der Waals surface area contributed by atoms with Crippen LogP contribution in [0, 0.1) is 24.0 Å². The zero-order valence-corrected chi connectivity index (χ0v) is 17.3. The number of nitrogens with zero attached hydrogens (tertiary/aromatic N) is 3. The summed E-state index contributed by atoms with van der Waals surface area (Å²) < 4.78 is 1.75. The number of aryl methyl sites for hydroxylation is 2. The molecule has 29 heavy (non-hydrogen) atoms. The lowest BCUT2D eigenvalue weighted by Crippen LogP contribution is -2.17. The minimum absolute atomic E-state index is 0.0100. The van der Waals surface area contributed by atoms with Crippen LogP contribution in [0.4, 0.5) is 11.5 Å². The first kappa shape index (κ1) is 19.5. The third-order valence-electron chi connectivity index (χ3n) is 4.77. The number of nitrogens with one attached hydrogen (secondary N) is 1. The fourth-order valence-corrected chi connectivity index (χ4v) is 4.55. The van der Waals surface area contributed by atoms with Crippen LogP contribution in [0.5, 0.6) is 0 Å². The minimum atomic E-state index is -0.604. The van der Waals surface area contributed by atoms with E-state index in [9.17, 15) is 14.9 Å². The molecular formula is C20H17ClN4O3S. The second-order valence-corrected chi connectivity index (χ2v) is 8.24. The number of fused-ring (bicyclic) bond motifs is 1. The van der Waals surface area contributed by atoms with Gasteiger partial charge in [0.1, 0.15) is 10.8 Å². The van der Waals surface area contributed by atoms with Gasteiger partial charge in [-0.25, -0.2) is 4.68 Å². The Hall–Kier alpha value is -2.84. The molecule has 9 heteroatoms. The van der Waals surface area contributed by atoms with Crippen LogP contribution < -0.4 is 5.32 Å².